The van der Waals surface area contributed by atoms with E-state index in [4.69, 9.17) is 0 Å². The maximum absolute atomic E-state index is 11.8. The first-order valence-electron chi connectivity index (χ1n) is 5.22. The Morgan fingerprint density at radius 3 is 3.05 bits per heavy atom. The summed E-state index contributed by atoms with van der Waals surface area (Å²) in [4.78, 5) is 33.1. The number of thiazole rings is 1. The fourth-order valence-electron chi connectivity index (χ4n) is 1.19. The molecule has 0 saturated carbocycles. The van der Waals surface area contributed by atoms with Crippen molar-refractivity contribution in [2.45, 2.75) is 17.3 Å². The third kappa shape index (κ3) is 3.80. The maximum atomic E-state index is 11.8. The molecule has 0 bridgehead atoms. The van der Waals surface area contributed by atoms with Crippen LogP contribution in [0.4, 0.5) is 5.13 Å². The third-order valence-electron chi connectivity index (χ3n) is 2.03. The van der Waals surface area contributed by atoms with Crippen molar-refractivity contribution in [2.24, 2.45) is 0 Å². The second-order valence-corrected chi connectivity index (χ2v) is 5.72. The molecular formula is C10H10N4O3S2. The molecule has 2 aromatic heterocycles. The van der Waals surface area contributed by atoms with Crippen LogP contribution in [-0.2, 0) is 4.79 Å². The van der Waals surface area contributed by atoms with Gasteiger partial charge in [-0.3, -0.25) is 9.59 Å². The Morgan fingerprint density at radius 1 is 1.63 bits per heavy atom. The molecule has 0 radical (unpaired) electrons. The average Bonchev–Trinajstić information content (AvgIpc) is 2.80. The van der Waals surface area contributed by atoms with Crippen LogP contribution in [-0.4, -0.2) is 31.2 Å². The van der Waals surface area contributed by atoms with E-state index in [9.17, 15) is 14.7 Å². The van der Waals surface area contributed by atoms with Crippen molar-refractivity contribution in [2.75, 3.05) is 5.32 Å². The summed E-state index contributed by atoms with van der Waals surface area (Å²) in [6.07, 6.45) is 1.59. The molecule has 0 aliphatic rings. The first kappa shape index (κ1) is 13.6. The van der Waals surface area contributed by atoms with Gasteiger partial charge in [0.2, 0.25) is 11.8 Å². The van der Waals surface area contributed by atoms with Gasteiger partial charge >= 0.3 is 0 Å². The van der Waals surface area contributed by atoms with E-state index in [1.54, 1.807) is 18.5 Å². The number of H-pyrrole nitrogens is 1. The molecule has 9 heteroatoms. The van der Waals surface area contributed by atoms with Gasteiger partial charge in [0.05, 0.1) is 11.3 Å². The van der Waals surface area contributed by atoms with Crippen LogP contribution in [0, 0.1) is 0 Å². The molecule has 3 N–H and O–H groups in total. The first-order valence-corrected chi connectivity index (χ1v) is 6.98. The van der Waals surface area contributed by atoms with Gasteiger partial charge in [-0.2, -0.15) is 4.98 Å². The number of rotatable bonds is 4. The number of nitrogens with one attached hydrogen (secondary N) is 2. The van der Waals surface area contributed by atoms with E-state index < -0.39 is 10.8 Å². The van der Waals surface area contributed by atoms with Crippen molar-refractivity contribution in [3.8, 4) is 5.88 Å². The number of aromatic hydroxyl groups is 1. The lowest BCUT2D eigenvalue weighted by molar-refractivity contribution is -0.115. The third-order valence-corrected chi connectivity index (χ3v) is 3.70. The Balaban J connectivity index is 2.02. The smallest absolute Gasteiger partial charge is 0.255 e. The summed E-state index contributed by atoms with van der Waals surface area (Å²) in [5.41, 5.74) is -0.470. The van der Waals surface area contributed by atoms with Crippen LogP contribution in [0.1, 0.15) is 6.92 Å². The standard InChI is InChI=1S/C10H10N4O3S2/c1-5(8(17)14-9-11-2-3-18-9)19-10-12-6(15)4-7(16)13-10/h2-5H,1H3,(H,11,14,17)(H2,12,13,15,16)/t5-/m0/s1. The Hall–Kier alpha value is -1.87. The molecule has 1 atom stereocenters. The summed E-state index contributed by atoms with van der Waals surface area (Å²) in [7, 11) is 0. The Morgan fingerprint density at radius 2 is 2.42 bits per heavy atom. The Kier molecular flexibility index (Phi) is 4.17. The lowest BCUT2D eigenvalue weighted by Gasteiger charge is -2.09. The largest absolute Gasteiger partial charge is 0.493 e. The number of carbonyl (C=O) groups is 1. The lowest BCUT2D eigenvalue weighted by Crippen LogP contribution is -2.23. The van der Waals surface area contributed by atoms with Gasteiger partial charge in [0.25, 0.3) is 5.56 Å². The molecule has 0 aromatic carbocycles. The molecule has 0 aliphatic heterocycles. The van der Waals surface area contributed by atoms with Crippen molar-refractivity contribution in [3.05, 3.63) is 28.0 Å². The van der Waals surface area contributed by atoms with Crippen LogP contribution < -0.4 is 10.9 Å². The number of thioether (sulfide) groups is 1. The SMILES string of the molecule is C[C@H](Sc1nc(O)cc(=O)[nH]1)C(=O)Nc1nccs1. The highest BCUT2D eigenvalue weighted by atomic mass is 32.2. The van der Waals surface area contributed by atoms with E-state index in [1.807, 2.05) is 0 Å². The normalized spacial score (nSPS) is 12.1. The Labute approximate surface area is 116 Å². The fraction of sp³-hybridized carbons (Fsp3) is 0.200. The van der Waals surface area contributed by atoms with E-state index in [-0.39, 0.29) is 16.9 Å². The molecule has 2 heterocycles. The topological polar surface area (TPSA) is 108 Å². The zero-order valence-electron chi connectivity index (χ0n) is 9.78. The molecule has 0 spiro atoms. The van der Waals surface area contributed by atoms with Crippen LogP contribution >= 0.6 is 23.1 Å². The van der Waals surface area contributed by atoms with Gasteiger partial charge in [-0.05, 0) is 6.92 Å². The van der Waals surface area contributed by atoms with Crippen LogP contribution in [0.3, 0.4) is 0 Å². The quantitative estimate of drug-likeness (QED) is 0.575. The monoisotopic (exact) mass is 298 g/mol. The van der Waals surface area contributed by atoms with Gasteiger partial charge in [-0.1, -0.05) is 11.8 Å². The van der Waals surface area contributed by atoms with E-state index in [0.29, 0.717) is 5.13 Å². The van der Waals surface area contributed by atoms with Gasteiger partial charge in [-0.25, -0.2) is 4.98 Å². The second kappa shape index (κ2) is 5.85. The molecule has 0 fully saturated rings. The van der Waals surface area contributed by atoms with E-state index in [0.717, 1.165) is 17.8 Å². The Bertz CT molecular complexity index is 626. The molecule has 0 unspecified atom stereocenters. The molecule has 2 rings (SSSR count). The molecule has 0 aliphatic carbocycles. The second-order valence-electron chi connectivity index (χ2n) is 3.50. The summed E-state index contributed by atoms with van der Waals surface area (Å²) in [5.74, 6) is -0.635. The molecular weight excluding hydrogens is 288 g/mol. The van der Waals surface area contributed by atoms with Crippen molar-refractivity contribution < 1.29 is 9.90 Å². The highest BCUT2D eigenvalue weighted by molar-refractivity contribution is 8.00. The van der Waals surface area contributed by atoms with Crippen molar-refractivity contribution in [1.82, 2.24) is 15.0 Å². The molecule has 7 nitrogen and oxygen atoms in total. The maximum Gasteiger partial charge on any atom is 0.255 e. The van der Waals surface area contributed by atoms with Gasteiger partial charge in [0, 0.05) is 11.6 Å². The zero-order valence-corrected chi connectivity index (χ0v) is 11.4. The average molecular weight is 298 g/mol. The summed E-state index contributed by atoms with van der Waals surface area (Å²) in [6.45, 7) is 1.66. The number of carbonyl (C=O) groups excluding carboxylic acids is 1. The van der Waals surface area contributed by atoms with Crippen LogP contribution in [0.15, 0.2) is 27.6 Å². The number of aromatic amines is 1. The highest BCUT2D eigenvalue weighted by Crippen LogP contribution is 2.21. The highest BCUT2D eigenvalue weighted by Gasteiger charge is 2.17. The first-order chi connectivity index (χ1) is 9.04. The minimum Gasteiger partial charge on any atom is -0.493 e. The molecule has 100 valence electrons. The minimum absolute atomic E-state index is 0.187. The number of aromatic nitrogens is 3. The minimum atomic E-state index is -0.492. The zero-order chi connectivity index (χ0) is 13.8. The van der Waals surface area contributed by atoms with Gasteiger partial charge < -0.3 is 15.4 Å². The van der Waals surface area contributed by atoms with Gasteiger partial charge in [0.15, 0.2) is 10.3 Å². The number of nitrogens with zero attached hydrogens (tertiary/aromatic N) is 2. The molecule has 1 amide bonds. The van der Waals surface area contributed by atoms with Gasteiger partial charge in [0.1, 0.15) is 0 Å². The number of hydrogen-bond donors (Lipinski definition) is 3. The summed E-state index contributed by atoms with van der Waals surface area (Å²) < 4.78 is 0. The van der Waals surface area contributed by atoms with Crippen LogP contribution in [0.2, 0.25) is 0 Å². The van der Waals surface area contributed by atoms with Gasteiger partial charge in [-0.15, -0.1) is 11.3 Å². The van der Waals surface area contributed by atoms with Crippen LogP contribution in [0.5, 0.6) is 5.88 Å². The molecule has 2 aromatic rings. The lowest BCUT2D eigenvalue weighted by atomic mass is 10.4. The number of hydrogen-bond acceptors (Lipinski definition) is 7. The van der Waals surface area contributed by atoms with E-state index in [2.05, 4.69) is 20.3 Å². The summed E-state index contributed by atoms with van der Waals surface area (Å²) in [6, 6.07) is 0.963. The van der Waals surface area contributed by atoms with Crippen LogP contribution in [0.25, 0.3) is 0 Å². The van der Waals surface area contributed by atoms with E-state index in [1.165, 1.54) is 11.3 Å². The van der Waals surface area contributed by atoms with Crippen molar-refractivity contribution >= 4 is 34.1 Å². The van der Waals surface area contributed by atoms with E-state index >= 15 is 0 Å². The fourth-order valence-corrected chi connectivity index (χ4v) is 2.53. The predicted octanol–water partition coefficient (Wildman–Crippen LogP) is 1.05. The summed E-state index contributed by atoms with van der Waals surface area (Å²) in [5, 5.41) is 13.8. The molecule has 19 heavy (non-hydrogen) atoms. The van der Waals surface area contributed by atoms with Crippen molar-refractivity contribution in [3.63, 3.8) is 0 Å². The predicted molar refractivity (Wildman–Crippen MR) is 72.6 cm³/mol. The number of amides is 1. The molecule has 0 saturated heterocycles. The van der Waals surface area contributed by atoms with Crippen molar-refractivity contribution in [1.29, 1.82) is 0 Å². The number of anilines is 1. The summed E-state index contributed by atoms with van der Waals surface area (Å²) >= 11 is 2.35.